The Bertz CT molecular complexity index is 6010. The number of nitrogens with zero attached hydrogens (tertiary/aromatic N) is 21. The van der Waals surface area contributed by atoms with Gasteiger partial charge in [-0.2, -0.15) is 0 Å². The molecular weight excluding hydrogens is 1490 g/mol. The van der Waals surface area contributed by atoms with Gasteiger partial charge in [-0.1, -0.05) is 133 Å². The Morgan fingerprint density at radius 2 is 0.583 bits per heavy atom. The van der Waals surface area contributed by atoms with Gasteiger partial charge in [-0.25, -0.2) is 38.0 Å². The summed E-state index contributed by atoms with van der Waals surface area (Å²) in [6.45, 7) is 10.4. The van der Waals surface area contributed by atoms with Crippen LogP contribution in [0.1, 0.15) is 44.8 Å². The smallest absolute Gasteiger partial charge is 0.183 e. The maximum atomic E-state index is 4.89. The van der Waals surface area contributed by atoms with Crippen LogP contribution in [0.5, 0.6) is 0 Å². The van der Waals surface area contributed by atoms with Crippen LogP contribution in [0.4, 0.5) is 23.3 Å². The van der Waals surface area contributed by atoms with Gasteiger partial charge in [-0.15, -0.1) is 20.4 Å². The number of aryl methyl sites for hydroxylation is 4. The van der Waals surface area contributed by atoms with E-state index in [2.05, 4.69) is 139 Å². The molecule has 25 nitrogen and oxygen atoms in total. The number of fused-ring (bicyclic) bond motifs is 4. The zero-order valence-electron chi connectivity index (χ0n) is 66.0. The molecule has 4 N–H and O–H groups in total. The van der Waals surface area contributed by atoms with Crippen molar-refractivity contribution in [2.75, 3.05) is 21.3 Å². The average Bonchev–Trinajstić information content (AvgIpc) is 1.77. The van der Waals surface area contributed by atoms with Crippen molar-refractivity contribution >= 4 is 45.3 Å². The Kier molecular flexibility index (Phi) is 22.9. The molecule has 16 heterocycles. The summed E-state index contributed by atoms with van der Waals surface area (Å²) in [5.41, 5.74) is 24.3. The molecule has 0 aliphatic heterocycles. The minimum absolute atomic E-state index is 0.505. The van der Waals surface area contributed by atoms with Crippen molar-refractivity contribution in [3.05, 3.63) is 381 Å². The van der Waals surface area contributed by atoms with Crippen molar-refractivity contribution < 1.29 is 0 Å². The van der Waals surface area contributed by atoms with E-state index in [1.165, 1.54) is 0 Å². The van der Waals surface area contributed by atoms with Crippen molar-refractivity contribution in [2.24, 2.45) is 0 Å². The highest BCUT2D eigenvalue weighted by Crippen LogP contribution is 2.37. The highest BCUT2D eigenvalue weighted by atomic mass is 15.3. The third-order valence-corrected chi connectivity index (χ3v) is 19.5. The Morgan fingerprint density at radius 1 is 0.242 bits per heavy atom. The summed E-state index contributed by atoms with van der Waals surface area (Å²) < 4.78 is 7.53. The maximum absolute atomic E-state index is 4.89. The molecule has 120 heavy (non-hydrogen) atoms. The van der Waals surface area contributed by atoms with Crippen LogP contribution in [0.15, 0.2) is 336 Å². The molecule has 0 saturated heterocycles. The number of rotatable bonds is 20. The fourth-order valence-electron chi connectivity index (χ4n) is 13.8. The average molecular weight is 1570 g/mol. The first-order valence-electron chi connectivity index (χ1n) is 39.0. The molecule has 4 aromatic carbocycles. The van der Waals surface area contributed by atoms with Crippen LogP contribution in [0.2, 0.25) is 0 Å². The van der Waals surface area contributed by atoms with E-state index in [0.717, 1.165) is 157 Å². The van der Waals surface area contributed by atoms with Gasteiger partial charge < -0.3 is 21.3 Å². The Labute approximate surface area is 691 Å². The molecule has 0 atom stereocenters. The van der Waals surface area contributed by atoms with Gasteiger partial charge in [0.2, 0.25) is 0 Å². The van der Waals surface area contributed by atoms with Crippen LogP contribution in [-0.4, -0.2) is 103 Å². The highest BCUT2D eigenvalue weighted by molar-refractivity contribution is 5.92. The second-order valence-electron chi connectivity index (χ2n) is 28.3. The lowest BCUT2D eigenvalue weighted by Crippen LogP contribution is -2.08. The molecule has 20 rings (SSSR count). The first kappa shape index (κ1) is 76.3. The lowest BCUT2D eigenvalue weighted by Gasteiger charge is -2.12. The first-order valence-corrected chi connectivity index (χ1v) is 39.0. The Morgan fingerprint density at radius 3 is 0.917 bits per heavy atom. The van der Waals surface area contributed by atoms with Crippen molar-refractivity contribution in [3.63, 3.8) is 0 Å². The van der Waals surface area contributed by atoms with Crippen molar-refractivity contribution in [2.45, 2.75) is 53.9 Å². The standard InChI is InChI=1S/3C24H20N6.C23H19N7/c1-17-12-20(16-26-13-17)23-28-24(27-15-18-6-5-10-25-14-18)22-21(9-11-30(22)29-23)19-7-3-2-4-8-19;1-17-13-19(15-25-14-17)23-28-24(27-16-20-9-5-6-11-26-20)22-21(10-12-30(22)29-23)18-7-3-2-4-8-18;1-17-13-20(16-26-14-17)23-28-24(27-15-18-7-10-25-11-8-18)22-21(9-12-30(22)29-23)19-5-3-2-4-6-19;1-16-11-18(13-25-12-16)22-28-23(27-15-19-14-24-8-9-26-19)21-20(7-10-30(21)29-22)17-5-3-2-4-6-17/h2-14,16H,15H2,1H3,(H,27,28,29);2-15H,16H2,1H3,(H,27,28,29);2-14,16H,15H2,1H3,(H,27,28,29);2-14H,15H2,1H3,(H,27,28,29). The fraction of sp³-hybridized carbons (Fsp3) is 0.0842. The summed E-state index contributed by atoms with van der Waals surface area (Å²) >= 11 is 0. The topological polar surface area (TPSA) is 285 Å². The molecule has 0 aliphatic carbocycles. The van der Waals surface area contributed by atoms with Crippen molar-refractivity contribution in [1.82, 2.24) is 103 Å². The molecule has 0 saturated carbocycles. The van der Waals surface area contributed by atoms with E-state index in [-0.39, 0.29) is 0 Å². The number of aromatic nitrogens is 21. The lowest BCUT2D eigenvalue weighted by molar-refractivity contribution is 0.904. The van der Waals surface area contributed by atoms with Gasteiger partial charge in [-0.05, 0) is 162 Å². The van der Waals surface area contributed by atoms with Crippen LogP contribution < -0.4 is 21.3 Å². The molecule has 25 heteroatoms. The second kappa shape index (κ2) is 36.0. The van der Waals surface area contributed by atoms with E-state index in [1.807, 2.05) is 241 Å². The third kappa shape index (κ3) is 17.9. The van der Waals surface area contributed by atoms with Gasteiger partial charge in [0.05, 0.1) is 30.7 Å². The predicted molar refractivity (Wildman–Crippen MR) is 470 cm³/mol. The zero-order valence-corrected chi connectivity index (χ0v) is 66.0. The monoisotopic (exact) mass is 1570 g/mol. The fourth-order valence-corrected chi connectivity index (χ4v) is 13.8. The number of nitrogens with one attached hydrogen (secondary N) is 4. The molecule has 0 spiro atoms. The van der Waals surface area contributed by atoms with E-state index in [4.69, 9.17) is 40.3 Å². The molecule has 20 aromatic rings. The molecular formula is C95H79N25. The largest absolute Gasteiger partial charge is 0.364 e. The number of pyridine rings is 7. The van der Waals surface area contributed by atoms with Gasteiger partial charge in [0, 0.05) is 175 Å². The molecule has 0 radical (unpaired) electrons. The molecule has 0 unspecified atom stereocenters. The van der Waals surface area contributed by atoms with E-state index in [9.17, 15) is 0 Å². The lowest BCUT2D eigenvalue weighted by atomic mass is 10.1. The molecule has 584 valence electrons. The highest BCUT2D eigenvalue weighted by Gasteiger charge is 2.22. The summed E-state index contributed by atoms with van der Waals surface area (Å²) in [5.74, 6) is 5.53. The van der Waals surface area contributed by atoms with Gasteiger partial charge in [0.25, 0.3) is 0 Å². The Hall–Kier alpha value is -16.3. The normalized spacial score (nSPS) is 11.0. The molecule has 16 aromatic heterocycles. The van der Waals surface area contributed by atoms with Crippen LogP contribution in [0.3, 0.4) is 0 Å². The number of hydrogen-bond donors (Lipinski definition) is 4. The van der Waals surface area contributed by atoms with E-state index < -0.39 is 0 Å². The molecule has 0 bridgehead atoms. The van der Waals surface area contributed by atoms with Crippen molar-refractivity contribution in [1.29, 1.82) is 0 Å². The van der Waals surface area contributed by atoms with E-state index >= 15 is 0 Å². The summed E-state index contributed by atoms with van der Waals surface area (Å²) in [6.07, 6.45) is 36.4. The first-order chi connectivity index (χ1) is 59.1. The summed E-state index contributed by atoms with van der Waals surface area (Å²) in [7, 11) is 0. The van der Waals surface area contributed by atoms with Crippen LogP contribution in [0, 0.1) is 27.7 Å². The molecule has 0 fully saturated rings. The number of anilines is 4. The summed E-state index contributed by atoms with van der Waals surface area (Å²) in [4.78, 5) is 57.9. The summed E-state index contributed by atoms with van der Waals surface area (Å²) in [5, 5.41) is 32.9. The van der Waals surface area contributed by atoms with Gasteiger partial charge in [0.15, 0.2) is 46.6 Å². The molecule has 0 aliphatic rings. The zero-order chi connectivity index (χ0) is 81.4. The quantitative estimate of drug-likeness (QED) is 0.0551. The maximum Gasteiger partial charge on any atom is 0.183 e. The van der Waals surface area contributed by atoms with E-state index in [0.29, 0.717) is 49.5 Å². The summed E-state index contributed by atoms with van der Waals surface area (Å²) in [6, 6.07) is 71.4. The van der Waals surface area contributed by atoms with Crippen LogP contribution in [-0.2, 0) is 26.2 Å². The minimum Gasteiger partial charge on any atom is -0.364 e. The van der Waals surface area contributed by atoms with Gasteiger partial charge in [-0.3, -0.25) is 44.9 Å². The van der Waals surface area contributed by atoms with Crippen molar-refractivity contribution in [3.8, 4) is 90.1 Å². The third-order valence-electron chi connectivity index (χ3n) is 19.5. The van der Waals surface area contributed by atoms with Gasteiger partial charge >= 0.3 is 0 Å². The predicted octanol–water partition coefficient (Wildman–Crippen LogP) is 18.5. The van der Waals surface area contributed by atoms with Crippen LogP contribution >= 0.6 is 0 Å². The minimum atomic E-state index is 0.505. The van der Waals surface area contributed by atoms with E-state index in [1.54, 1.807) is 68.2 Å². The number of hydrogen-bond acceptors (Lipinski definition) is 21. The number of benzene rings is 4. The molecule has 0 amide bonds. The SMILES string of the molecule is Cc1cncc(-c2nc(NCc3ccccn3)c3c(-c4ccccc4)ccn3n2)c1.Cc1cncc(-c2nc(NCc3cccnc3)c3c(-c4ccccc4)ccn3n2)c1.Cc1cncc(-c2nc(NCc3ccncc3)c3c(-c4ccccc4)ccn3n2)c1.Cc1cncc(-c2nc(NCc3cnccn3)c3c(-c4ccccc4)ccn3n2)c1. The van der Waals surface area contributed by atoms with Gasteiger partial charge in [0.1, 0.15) is 22.1 Å². The van der Waals surface area contributed by atoms with Crippen LogP contribution in [0.25, 0.3) is 112 Å². The second-order valence-corrected chi connectivity index (χ2v) is 28.3. The Balaban J connectivity index is 0.000000114.